The number of aryl methyl sites for hydroxylation is 1. The lowest BCUT2D eigenvalue weighted by Gasteiger charge is -2.19. The van der Waals surface area contributed by atoms with Crippen LogP contribution in [-0.2, 0) is 10.0 Å². The van der Waals surface area contributed by atoms with Crippen LogP contribution in [0.1, 0.15) is 15.9 Å². The summed E-state index contributed by atoms with van der Waals surface area (Å²) in [5, 5.41) is 2.86. The van der Waals surface area contributed by atoms with E-state index in [0.717, 1.165) is 5.56 Å². The molecular formula is C22H19ClN2O5S. The Hall–Kier alpha value is -3.23. The van der Waals surface area contributed by atoms with E-state index in [2.05, 4.69) is 10.0 Å². The molecule has 9 heteroatoms. The maximum absolute atomic E-state index is 12.6. The number of amides is 1. The smallest absolute Gasteiger partial charge is 0.261 e. The normalized spacial score (nSPS) is 12.8. The summed E-state index contributed by atoms with van der Waals surface area (Å²) < 4.78 is 38.6. The number of anilines is 2. The largest absolute Gasteiger partial charge is 0.486 e. The van der Waals surface area contributed by atoms with E-state index < -0.39 is 15.9 Å². The van der Waals surface area contributed by atoms with Gasteiger partial charge in [0.25, 0.3) is 15.9 Å². The van der Waals surface area contributed by atoms with Gasteiger partial charge >= 0.3 is 0 Å². The Labute approximate surface area is 185 Å². The molecule has 1 amide bonds. The molecule has 7 nitrogen and oxygen atoms in total. The van der Waals surface area contributed by atoms with Crippen LogP contribution in [0.2, 0.25) is 5.02 Å². The lowest BCUT2D eigenvalue weighted by atomic mass is 10.2. The molecule has 1 aliphatic rings. The molecule has 160 valence electrons. The van der Waals surface area contributed by atoms with Crippen molar-refractivity contribution in [1.29, 1.82) is 0 Å². The van der Waals surface area contributed by atoms with E-state index in [1.165, 1.54) is 30.3 Å². The van der Waals surface area contributed by atoms with Crippen LogP contribution in [0, 0.1) is 6.92 Å². The minimum atomic E-state index is -3.80. The van der Waals surface area contributed by atoms with Crippen molar-refractivity contribution < 1.29 is 22.7 Å². The Morgan fingerprint density at radius 2 is 1.65 bits per heavy atom. The van der Waals surface area contributed by atoms with Crippen LogP contribution in [0.5, 0.6) is 11.5 Å². The molecule has 0 saturated carbocycles. The number of hydrogen-bond donors (Lipinski definition) is 2. The summed E-state index contributed by atoms with van der Waals surface area (Å²) in [6.45, 7) is 2.80. The molecule has 4 rings (SSSR count). The van der Waals surface area contributed by atoms with Gasteiger partial charge in [0.2, 0.25) is 0 Å². The zero-order valence-electron chi connectivity index (χ0n) is 16.5. The molecule has 2 N–H and O–H groups in total. The number of carbonyl (C=O) groups excluding carboxylic acids is 1. The number of nitrogens with one attached hydrogen (secondary N) is 2. The van der Waals surface area contributed by atoms with Gasteiger partial charge in [0, 0.05) is 17.3 Å². The highest BCUT2D eigenvalue weighted by Gasteiger charge is 2.18. The molecule has 0 fully saturated rings. The van der Waals surface area contributed by atoms with Gasteiger partial charge < -0.3 is 14.8 Å². The van der Waals surface area contributed by atoms with E-state index in [4.69, 9.17) is 21.1 Å². The first-order valence-electron chi connectivity index (χ1n) is 9.42. The molecule has 0 aliphatic carbocycles. The van der Waals surface area contributed by atoms with Gasteiger partial charge in [0.1, 0.15) is 13.2 Å². The number of sulfonamides is 1. The molecule has 0 radical (unpaired) electrons. The molecule has 0 unspecified atom stereocenters. The average Bonchev–Trinajstić information content (AvgIpc) is 2.75. The number of carbonyl (C=O) groups is 1. The minimum absolute atomic E-state index is 0.102. The SMILES string of the molecule is Cc1ccc(S(=O)(=O)Nc2ccc(C(=O)Nc3ccc4c(c3)OCCO4)cc2Cl)cc1. The third-order valence-corrected chi connectivity index (χ3v) is 6.30. The highest BCUT2D eigenvalue weighted by Crippen LogP contribution is 2.33. The second kappa shape index (κ2) is 8.49. The fourth-order valence-corrected chi connectivity index (χ4v) is 4.35. The number of rotatable bonds is 5. The molecule has 0 atom stereocenters. The standard InChI is InChI=1S/C22H19ClN2O5S/c1-14-2-6-17(7-3-14)31(27,28)25-19-8-4-15(12-18(19)23)22(26)24-16-5-9-20-21(13-16)30-11-10-29-20/h2-9,12-13,25H,10-11H2,1H3,(H,24,26). The summed E-state index contributed by atoms with van der Waals surface area (Å²) >= 11 is 6.25. The van der Waals surface area contributed by atoms with Crippen molar-refractivity contribution in [3.8, 4) is 11.5 Å². The van der Waals surface area contributed by atoms with Crippen LogP contribution in [0.4, 0.5) is 11.4 Å². The van der Waals surface area contributed by atoms with Crippen LogP contribution in [0.3, 0.4) is 0 Å². The lowest BCUT2D eigenvalue weighted by Crippen LogP contribution is -2.16. The highest BCUT2D eigenvalue weighted by atomic mass is 35.5. The first kappa shape index (κ1) is 21.0. The van der Waals surface area contributed by atoms with Crippen molar-refractivity contribution >= 4 is 38.9 Å². The van der Waals surface area contributed by atoms with Crippen LogP contribution in [0.15, 0.2) is 65.6 Å². The van der Waals surface area contributed by atoms with Gasteiger partial charge in [0.05, 0.1) is 15.6 Å². The van der Waals surface area contributed by atoms with Gasteiger partial charge in [-0.05, 0) is 49.4 Å². The summed E-state index contributed by atoms with van der Waals surface area (Å²) in [7, 11) is -3.80. The van der Waals surface area contributed by atoms with Gasteiger partial charge in [-0.2, -0.15) is 0 Å². The van der Waals surface area contributed by atoms with E-state index in [0.29, 0.717) is 30.4 Å². The predicted octanol–water partition coefficient (Wildman–Crippen LogP) is 4.47. The van der Waals surface area contributed by atoms with Gasteiger partial charge in [-0.25, -0.2) is 8.42 Å². The summed E-state index contributed by atoms with van der Waals surface area (Å²) in [5.41, 5.74) is 1.94. The maximum atomic E-state index is 12.6. The first-order chi connectivity index (χ1) is 14.8. The monoisotopic (exact) mass is 458 g/mol. The Morgan fingerprint density at radius 1 is 0.935 bits per heavy atom. The molecule has 3 aromatic carbocycles. The summed E-state index contributed by atoms with van der Waals surface area (Å²) in [4.78, 5) is 12.7. The van der Waals surface area contributed by atoms with Gasteiger partial charge in [-0.3, -0.25) is 9.52 Å². The molecule has 0 spiro atoms. The van der Waals surface area contributed by atoms with Crippen molar-refractivity contribution in [3.63, 3.8) is 0 Å². The number of ether oxygens (including phenoxy) is 2. The second-order valence-corrected chi connectivity index (χ2v) is 9.02. The number of benzene rings is 3. The third-order valence-electron chi connectivity index (χ3n) is 4.61. The third kappa shape index (κ3) is 4.76. The number of hydrogen-bond acceptors (Lipinski definition) is 5. The predicted molar refractivity (Wildman–Crippen MR) is 119 cm³/mol. The van der Waals surface area contributed by atoms with Gasteiger partial charge in [-0.1, -0.05) is 29.3 Å². The van der Waals surface area contributed by atoms with Crippen molar-refractivity contribution in [3.05, 3.63) is 76.8 Å². The lowest BCUT2D eigenvalue weighted by molar-refractivity contribution is 0.102. The molecule has 0 saturated heterocycles. The van der Waals surface area contributed by atoms with Crippen LogP contribution >= 0.6 is 11.6 Å². The van der Waals surface area contributed by atoms with E-state index in [-0.39, 0.29) is 21.2 Å². The van der Waals surface area contributed by atoms with Crippen LogP contribution in [0.25, 0.3) is 0 Å². The molecular weight excluding hydrogens is 440 g/mol. The fraction of sp³-hybridized carbons (Fsp3) is 0.136. The Morgan fingerprint density at radius 3 is 2.35 bits per heavy atom. The van der Waals surface area contributed by atoms with Crippen LogP contribution in [-0.4, -0.2) is 27.5 Å². The molecule has 0 aromatic heterocycles. The van der Waals surface area contributed by atoms with Gasteiger partial charge in [-0.15, -0.1) is 0 Å². The summed E-state index contributed by atoms with van der Waals surface area (Å²) in [5.74, 6) is 0.784. The zero-order chi connectivity index (χ0) is 22.0. The zero-order valence-corrected chi connectivity index (χ0v) is 18.1. The molecule has 3 aromatic rings. The average molecular weight is 459 g/mol. The van der Waals surface area contributed by atoms with Crippen molar-refractivity contribution in [1.82, 2.24) is 0 Å². The van der Waals surface area contributed by atoms with Crippen molar-refractivity contribution in [2.45, 2.75) is 11.8 Å². The van der Waals surface area contributed by atoms with E-state index in [1.807, 2.05) is 6.92 Å². The minimum Gasteiger partial charge on any atom is -0.486 e. The molecule has 31 heavy (non-hydrogen) atoms. The van der Waals surface area contributed by atoms with E-state index in [9.17, 15) is 13.2 Å². The van der Waals surface area contributed by atoms with Gasteiger partial charge in [0.15, 0.2) is 11.5 Å². The summed E-state index contributed by atoms with van der Waals surface area (Å²) in [6, 6.07) is 15.9. The van der Waals surface area contributed by atoms with E-state index in [1.54, 1.807) is 30.3 Å². The Bertz CT molecular complexity index is 1240. The number of fused-ring (bicyclic) bond motifs is 1. The number of halogens is 1. The maximum Gasteiger partial charge on any atom is 0.261 e. The Balaban J connectivity index is 1.49. The highest BCUT2D eigenvalue weighted by molar-refractivity contribution is 7.92. The first-order valence-corrected chi connectivity index (χ1v) is 11.3. The van der Waals surface area contributed by atoms with E-state index >= 15 is 0 Å². The second-order valence-electron chi connectivity index (χ2n) is 6.93. The topological polar surface area (TPSA) is 93.7 Å². The summed E-state index contributed by atoms with van der Waals surface area (Å²) in [6.07, 6.45) is 0. The molecule has 0 bridgehead atoms. The quantitative estimate of drug-likeness (QED) is 0.588. The van der Waals surface area contributed by atoms with Crippen LogP contribution < -0.4 is 19.5 Å². The van der Waals surface area contributed by atoms with Crippen molar-refractivity contribution in [2.24, 2.45) is 0 Å². The molecule has 1 heterocycles. The Kier molecular flexibility index (Phi) is 5.75. The fourth-order valence-electron chi connectivity index (χ4n) is 2.98. The van der Waals surface area contributed by atoms with Crippen molar-refractivity contribution in [2.75, 3.05) is 23.3 Å². The molecule has 1 aliphatic heterocycles.